The summed E-state index contributed by atoms with van der Waals surface area (Å²) in [6.07, 6.45) is -5.66. The van der Waals surface area contributed by atoms with Gasteiger partial charge in [0.1, 0.15) is 0 Å². The van der Waals surface area contributed by atoms with Gasteiger partial charge in [0.25, 0.3) is 0 Å². The lowest BCUT2D eigenvalue weighted by atomic mass is 9.71. The van der Waals surface area contributed by atoms with Gasteiger partial charge in [0, 0.05) is 0 Å². The predicted molar refractivity (Wildman–Crippen MR) is 63.1 cm³/mol. The SMILES string of the molecule is CC(C(F)(F)F)C(Cc1ccccc1)(C(=O)O)C(=O)O. The highest BCUT2D eigenvalue weighted by molar-refractivity contribution is 5.99. The molecular weight excluding hydrogens is 277 g/mol. The normalized spacial score (nSPS) is 13.8. The number of halogens is 3. The Morgan fingerprint density at radius 2 is 1.55 bits per heavy atom. The van der Waals surface area contributed by atoms with Crippen LogP contribution in [0.25, 0.3) is 0 Å². The Labute approximate surface area is 112 Å². The van der Waals surface area contributed by atoms with Crippen molar-refractivity contribution in [3.05, 3.63) is 35.9 Å². The van der Waals surface area contributed by atoms with E-state index in [9.17, 15) is 22.8 Å². The number of hydrogen-bond donors (Lipinski definition) is 2. The summed E-state index contributed by atoms with van der Waals surface area (Å²) < 4.78 is 38.5. The molecule has 0 radical (unpaired) electrons. The summed E-state index contributed by atoms with van der Waals surface area (Å²) >= 11 is 0. The van der Waals surface area contributed by atoms with E-state index in [0.29, 0.717) is 6.92 Å². The first kappa shape index (κ1) is 16.0. The Kier molecular flexibility index (Phi) is 4.42. The van der Waals surface area contributed by atoms with E-state index in [1.165, 1.54) is 24.3 Å². The van der Waals surface area contributed by atoms with Crippen molar-refractivity contribution in [2.24, 2.45) is 11.3 Å². The third-order valence-electron chi connectivity index (χ3n) is 3.32. The standard InChI is InChI=1S/C13H13F3O4/c1-8(13(14,15)16)12(10(17)18,11(19)20)7-9-5-3-2-4-6-9/h2-6,8H,7H2,1H3,(H,17,18)(H,19,20). The third kappa shape index (κ3) is 2.92. The number of alkyl halides is 3. The second-order valence-electron chi connectivity index (χ2n) is 4.51. The van der Waals surface area contributed by atoms with Crippen LogP contribution in [0.2, 0.25) is 0 Å². The van der Waals surface area contributed by atoms with Gasteiger partial charge in [-0.2, -0.15) is 13.2 Å². The first-order chi connectivity index (χ1) is 9.12. The van der Waals surface area contributed by atoms with Crippen LogP contribution in [-0.4, -0.2) is 28.3 Å². The molecule has 7 heteroatoms. The molecule has 1 rings (SSSR count). The number of carboxylic acid groups (broad SMARTS) is 2. The van der Waals surface area contributed by atoms with E-state index >= 15 is 0 Å². The summed E-state index contributed by atoms with van der Waals surface area (Å²) in [4.78, 5) is 22.5. The molecule has 0 aromatic heterocycles. The van der Waals surface area contributed by atoms with Gasteiger partial charge >= 0.3 is 18.1 Å². The van der Waals surface area contributed by atoms with E-state index in [0.717, 1.165) is 0 Å². The molecule has 1 aromatic carbocycles. The minimum absolute atomic E-state index is 0.216. The molecule has 0 saturated heterocycles. The molecule has 1 atom stereocenters. The number of carbonyl (C=O) groups is 2. The Balaban J connectivity index is 3.34. The molecule has 0 aliphatic carbocycles. The third-order valence-corrected chi connectivity index (χ3v) is 3.32. The number of rotatable bonds is 5. The van der Waals surface area contributed by atoms with E-state index in [-0.39, 0.29) is 5.56 Å². The number of carboxylic acids is 2. The maximum atomic E-state index is 12.8. The molecule has 110 valence electrons. The van der Waals surface area contributed by atoms with Gasteiger partial charge in [-0.1, -0.05) is 37.3 Å². The zero-order chi connectivity index (χ0) is 15.6. The molecule has 0 bridgehead atoms. The van der Waals surface area contributed by atoms with Crippen LogP contribution in [0.4, 0.5) is 13.2 Å². The van der Waals surface area contributed by atoms with Crippen molar-refractivity contribution in [2.75, 3.05) is 0 Å². The summed E-state index contributed by atoms with van der Waals surface area (Å²) in [5.74, 6) is -6.53. The predicted octanol–water partition coefficient (Wildman–Crippen LogP) is 2.58. The van der Waals surface area contributed by atoms with Gasteiger partial charge in [0.05, 0.1) is 5.92 Å². The highest BCUT2D eigenvalue weighted by atomic mass is 19.4. The monoisotopic (exact) mass is 290 g/mol. The molecule has 0 saturated carbocycles. The molecule has 0 spiro atoms. The molecule has 20 heavy (non-hydrogen) atoms. The van der Waals surface area contributed by atoms with Crippen molar-refractivity contribution in [3.8, 4) is 0 Å². The summed E-state index contributed by atoms with van der Waals surface area (Å²) in [5, 5.41) is 18.2. The van der Waals surface area contributed by atoms with Gasteiger partial charge in [0.15, 0.2) is 5.41 Å². The summed E-state index contributed by atoms with van der Waals surface area (Å²) in [6.45, 7) is 0.575. The lowest BCUT2D eigenvalue weighted by molar-refractivity contribution is -0.217. The van der Waals surface area contributed by atoms with E-state index in [1.54, 1.807) is 6.07 Å². The van der Waals surface area contributed by atoms with Crippen molar-refractivity contribution in [1.29, 1.82) is 0 Å². The fraction of sp³-hybridized carbons (Fsp3) is 0.385. The number of benzene rings is 1. The van der Waals surface area contributed by atoms with E-state index in [2.05, 4.69) is 0 Å². The summed E-state index contributed by atoms with van der Waals surface area (Å²) in [7, 11) is 0. The fourth-order valence-electron chi connectivity index (χ4n) is 1.96. The maximum Gasteiger partial charge on any atom is 0.393 e. The lowest BCUT2D eigenvalue weighted by Crippen LogP contribution is -2.51. The molecule has 0 aliphatic rings. The first-order valence-corrected chi connectivity index (χ1v) is 5.69. The van der Waals surface area contributed by atoms with E-state index < -0.39 is 35.9 Å². The second kappa shape index (κ2) is 5.52. The van der Waals surface area contributed by atoms with Gasteiger partial charge in [-0.05, 0) is 12.0 Å². The van der Waals surface area contributed by atoms with Crippen LogP contribution in [-0.2, 0) is 16.0 Å². The molecule has 4 nitrogen and oxygen atoms in total. The Morgan fingerprint density at radius 3 is 1.90 bits per heavy atom. The molecular formula is C13H13F3O4. The van der Waals surface area contributed by atoms with Crippen LogP contribution in [0.15, 0.2) is 30.3 Å². The van der Waals surface area contributed by atoms with Crippen molar-refractivity contribution >= 4 is 11.9 Å². The average molecular weight is 290 g/mol. The zero-order valence-electron chi connectivity index (χ0n) is 10.5. The Hall–Kier alpha value is -2.05. The highest BCUT2D eigenvalue weighted by Crippen LogP contribution is 2.42. The Morgan fingerprint density at radius 1 is 1.10 bits per heavy atom. The molecule has 1 unspecified atom stereocenters. The van der Waals surface area contributed by atoms with Crippen LogP contribution in [0.1, 0.15) is 12.5 Å². The van der Waals surface area contributed by atoms with Gasteiger partial charge in [-0.3, -0.25) is 9.59 Å². The van der Waals surface area contributed by atoms with Crippen molar-refractivity contribution in [3.63, 3.8) is 0 Å². The van der Waals surface area contributed by atoms with Crippen LogP contribution >= 0.6 is 0 Å². The molecule has 0 amide bonds. The number of hydrogen-bond acceptors (Lipinski definition) is 2. The van der Waals surface area contributed by atoms with Crippen molar-refractivity contribution in [1.82, 2.24) is 0 Å². The summed E-state index contributed by atoms with van der Waals surface area (Å²) in [6, 6.07) is 7.39. The topological polar surface area (TPSA) is 74.6 Å². The van der Waals surface area contributed by atoms with Gasteiger partial charge < -0.3 is 10.2 Å². The van der Waals surface area contributed by atoms with E-state index in [4.69, 9.17) is 10.2 Å². The lowest BCUT2D eigenvalue weighted by Gasteiger charge is -2.32. The largest absolute Gasteiger partial charge is 0.480 e. The van der Waals surface area contributed by atoms with Gasteiger partial charge in [-0.25, -0.2) is 0 Å². The molecule has 0 fully saturated rings. The minimum atomic E-state index is -4.93. The molecule has 1 aromatic rings. The smallest absolute Gasteiger partial charge is 0.393 e. The summed E-state index contributed by atoms with van der Waals surface area (Å²) in [5.41, 5.74) is -2.73. The molecule has 0 aliphatic heterocycles. The average Bonchev–Trinajstić information content (AvgIpc) is 2.34. The zero-order valence-corrected chi connectivity index (χ0v) is 10.5. The molecule has 2 N–H and O–H groups in total. The van der Waals surface area contributed by atoms with Crippen molar-refractivity contribution in [2.45, 2.75) is 19.5 Å². The van der Waals surface area contributed by atoms with Crippen LogP contribution in [0.5, 0.6) is 0 Å². The second-order valence-corrected chi connectivity index (χ2v) is 4.51. The molecule has 0 heterocycles. The fourth-order valence-corrected chi connectivity index (χ4v) is 1.96. The van der Waals surface area contributed by atoms with Crippen LogP contribution in [0.3, 0.4) is 0 Å². The van der Waals surface area contributed by atoms with Gasteiger partial charge in [-0.15, -0.1) is 0 Å². The maximum absolute atomic E-state index is 12.8. The van der Waals surface area contributed by atoms with E-state index in [1.807, 2.05) is 0 Å². The quantitative estimate of drug-likeness (QED) is 0.817. The minimum Gasteiger partial charge on any atom is -0.480 e. The highest BCUT2D eigenvalue weighted by Gasteiger charge is 2.60. The van der Waals surface area contributed by atoms with Gasteiger partial charge in [0.2, 0.25) is 0 Å². The first-order valence-electron chi connectivity index (χ1n) is 5.69. The number of aliphatic carboxylic acids is 2. The van der Waals surface area contributed by atoms with Crippen LogP contribution in [0, 0.1) is 11.3 Å². The van der Waals surface area contributed by atoms with Crippen molar-refractivity contribution < 1.29 is 33.0 Å². The van der Waals surface area contributed by atoms with Crippen LogP contribution < -0.4 is 0 Å². The Bertz CT molecular complexity index is 482.